The predicted octanol–water partition coefficient (Wildman–Crippen LogP) is 2.98. The summed E-state index contributed by atoms with van der Waals surface area (Å²) in [6, 6.07) is 7.37. The van der Waals surface area contributed by atoms with Crippen molar-refractivity contribution < 1.29 is 23.1 Å². The number of aromatic nitrogens is 1. The number of benzene rings is 1. The molecule has 2 fully saturated rings. The molecule has 2 aromatic rings. The average Bonchev–Trinajstić information content (AvgIpc) is 3.19. The van der Waals surface area contributed by atoms with Crippen LogP contribution < -0.4 is 10.1 Å². The Hall–Kier alpha value is -3.32. The van der Waals surface area contributed by atoms with E-state index in [1.165, 1.54) is 31.5 Å². The van der Waals surface area contributed by atoms with Gasteiger partial charge in [0.25, 0.3) is 11.8 Å². The van der Waals surface area contributed by atoms with Crippen LogP contribution in [0.2, 0.25) is 0 Å². The fourth-order valence-corrected chi connectivity index (χ4v) is 4.62. The lowest BCUT2D eigenvalue weighted by molar-refractivity contribution is -0.131. The minimum Gasteiger partial charge on any atom is -0.494 e. The van der Waals surface area contributed by atoms with Crippen LogP contribution in [-0.2, 0) is 4.79 Å². The maximum Gasteiger partial charge on any atom is 0.268 e. The third kappa shape index (κ3) is 6.22. The molecule has 1 atom stereocenters. The molecule has 0 unspecified atom stereocenters. The van der Waals surface area contributed by atoms with Crippen molar-refractivity contribution in [3.63, 3.8) is 0 Å². The number of amides is 2. The van der Waals surface area contributed by atoms with Crippen LogP contribution in [0.3, 0.4) is 0 Å². The molecule has 10 heteroatoms. The maximum atomic E-state index is 13.6. The highest BCUT2D eigenvalue weighted by Crippen LogP contribution is 2.31. The molecule has 35 heavy (non-hydrogen) atoms. The Morgan fingerprint density at radius 1 is 1.23 bits per heavy atom. The van der Waals surface area contributed by atoms with Gasteiger partial charge in [-0.2, -0.15) is 5.26 Å². The zero-order valence-electron chi connectivity index (χ0n) is 19.5. The van der Waals surface area contributed by atoms with Gasteiger partial charge in [0.2, 0.25) is 5.91 Å². The maximum absolute atomic E-state index is 13.6. The van der Waals surface area contributed by atoms with E-state index in [9.17, 15) is 18.4 Å². The number of piperidine rings is 1. The third-order valence-electron chi connectivity index (χ3n) is 6.43. The lowest BCUT2D eigenvalue weighted by Gasteiger charge is -2.26. The predicted molar refractivity (Wildman–Crippen MR) is 125 cm³/mol. The molecule has 2 aliphatic rings. The first kappa shape index (κ1) is 24.8. The summed E-state index contributed by atoms with van der Waals surface area (Å²) in [6.07, 6.45) is 5.50. The van der Waals surface area contributed by atoms with Crippen LogP contribution in [0.25, 0.3) is 10.9 Å². The first-order chi connectivity index (χ1) is 16.9. The second kappa shape index (κ2) is 11.0. The number of halogens is 2. The number of carbonyl (C=O) groups is 2. The van der Waals surface area contributed by atoms with E-state index in [4.69, 9.17) is 10.00 Å². The third-order valence-corrected chi connectivity index (χ3v) is 6.43. The molecule has 1 N–H and O–H groups in total. The van der Waals surface area contributed by atoms with Gasteiger partial charge >= 0.3 is 0 Å². The van der Waals surface area contributed by atoms with E-state index in [1.807, 2.05) is 0 Å². The van der Waals surface area contributed by atoms with Crippen LogP contribution in [0.5, 0.6) is 5.75 Å². The van der Waals surface area contributed by atoms with Crippen LogP contribution in [-0.4, -0.2) is 77.9 Å². The first-order valence-electron chi connectivity index (χ1n) is 12.0. The smallest absolute Gasteiger partial charge is 0.268 e. The van der Waals surface area contributed by atoms with Crippen molar-refractivity contribution in [2.45, 2.75) is 44.1 Å². The zero-order chi connectivity index (χ0) is 24.8. The lowest BCUT2D eigenvalue weighted by Crippen LogP contribution is -2.43. The number of fused-ring (bicyclic) bond motifs is 1. The number of pyridine rings is 1. The standard InChI is InChI=1S/C25H29F2N5O3/c26-25(27)14-18(15-28)32(17-25)23(33)16-30-24(34)20-7-8-29-22-6-5-19(13-21(20)22)35-12-4-11-31-9-2-1-3-10-31/h5-8,13,18H,1-4,9-12,14,16-17H2,(H,30,34)/t18-/m0/s1. The Bertz CT molecular complexity index is 1110. The van der Waals surface area contributed by atoms with E-state index < -0.39 is 43.3 Å². The van der Waals surface area contributed by atoms with Gasteiger partial charge in [-0.1, -0.05) is 6.42 Å². The molecule has 186 valence electrons. The van der Waals surface area contributed by atoms with Gasteiger partial charge < -0.3 is 19.9 Å². The van der Waals surface area contributed by atoms with E-state index >= 15 is 0 Å². The van der Waals surface area contributed by atoms with E-state index in [-0.39, 0.29) is 0 Å². The van der Waals surface area contributed by atoms with Crippen molar-refractivity contribution in [1.29, 1.82) is 5.26 Å². The Balaban J connectivity index is 1.36. The van der Waals surface area contributed by atoms with E-state index in [2.05, 4.69) is 15.2 Å². The van der Waals surface area contributed by atoms with Gasteiger partial charge in [-0.15, -0.1) is 0 Å². The molecule has 3 heterocycles. The average molecular weight is 486 g/mol. The Morgan fingerprint density at radius 2 is 2.03 bits per heavy atom. The molecule has 0 saturated carbocycles. The number of ether oxygens (including phenoxy) is 1. The number of nitrogens with zero attached hydrogens (tertiary/aromatic N) is 4. The van der Waals surface area contributed by atoms with Crippen molar-refractivity contribution in [2.75, 3.05) is 39.3 Å². The van der Waals surface area contributed by atoms with Gasteiger partial charge in [0.05, 0.1) is 36.8 Å². The largest absolute Gasteiger partial charge is 0.494 e. The van der Waals surface area contributed by atoms with E-state index in [1.54, 1.807) is 24.3 Å². The monoisotopic (exact) mass is 485 g/mol. The molecule has 2 amide bonds. The molecule has 0 aliphatic carbocycles. The molecule has 1 aromatic carbocycles. The molecule has 1 aromatic heterocycles. The molecular weight excluding hydrogens is 456 g/mol. The summed E-state index contributed by atoms with van der Waals surface area (Å²) in [5, 5.41) is 12.1. The summed E-state index contributed by atoms with van der Waals surface area (Å²) in [4.78, 5) is 32.8. The first-order valence-corrected chi connectivity index (χ1v) is 12.0. The van der Waals surface area contributed by atoms with Crippen molar-refractivity contribution in [2.24, 2.45) is 0 Å². The van der Waals surface area contributed by atoms with Gasteiger partial charge in [0, 0.05) is 24.5 Å². The number of hydrogen-bond acceptors (Lipinski definition) is 6. The Labute approximate surface area is 202 Å². The SMILES string of the molecule is N#C[C@@H]1CC(F)(F)CN1C(=O)CNC(=O)c1ccnc2ccc(OCCCN3CCCCC3)cc12. The summed E-state index contributed by atoms with van der Waals surface area (Å²) in [7, 11) is 0. The fourth-order valence-electron chi connectivity index (χ4n) is 4.62. The number of hydrogen-bond donors (Lipinski definition) is 1. The van der Waals surface area contributed by atoms with Crippen molar-refractivity contribution >= 4 is 22.7 Å². The van der Waals surface area contributed by atoms with Gasteiger partial charge in [0.15, 0.2) is 0 Å². The molecule has 0 radical (unpaired) electrons. The van der Waals surface area contributed by atoms with Crippen LogP contribution in [0, 0.1) is 11.3 Å². The molecule has 2 saturated heterocycles. The molecule has 4 rings (SSSR count). The number of alkyl halides is 2. The van der Waals surface area contributed by atoms with Gasteiger partial charge in [-0.25, -0.2) is 8.78 Å². The van der Waals surface area contributed by atoms with E-state index in [0.717, 1.165) is 31.0 Å². The van der Waals surface area contributed by atoms with Crippen molar-refractivity contribution in [3.8, 4) is 11.8 Å². The lowest BCUT2D eigenvalue weighted by atomic mass is 10.1. The summed E-state index contributed by atoms with van der Waals surface area (Å²) >= 11 is 0. The van der Waals surface area contributed by atoms with Crippen molar-refractivity contribution in [1.82, 2.24) is 20.1 Å². The van der Waals surface area contributed by atoms with Gasteiger partial charge in [0.1, 0.15) is 11.8 Å². The van der Waals surface area contributed by atoms with Gasteiger partial charge in [-0.05, 0) is 56.6 Å². The minimum atomic E-state index is -3.11. The number of rotatable bonds is 8. The van der Waals surface area contributed by atoms with Gasteiger partial charge in [-0.3, -0.25) is 14.6 Å². The molecule has 2 aliphatic heterocycles. The summed E-state index contributed by atoms with van der Waals surface area (Å²) < 4.78 is 33.1. The molecule has 8 nitrogen and oxygen atoms in total. The second-order valence-corrected chi connectivity index (χ2v) is 9.05. The zero-order valence-corrected chi connectivity index (χ0v) is 19.5. The summed E-state index contributed by atoms with van der Waals surface area (Å²) in [6.45, 7) is 2.52. The topological polar surface area (TPSA) is 98.6 Å². The molecule has 0 bridgehead atoms. The highest BCUT2D eigenvalue weighted by atomic mass is 19.3. The van der Waals surface area contributed by atoms with Crippen LogP contribution in [0.4, 0.5) is 8.78 Å². The molecule has 0 spiro atoms. The summed E-state index contributed by atoms with van der Waals surface area (Å²) in [5.41, 5.74) is 0.888. The Kier molecular flexibility index (Phi) is 7.76. The summed E-state index contributed by atoms with van der Waals surface area (Å²) in [5.74, 6) is -3.75. The minimum absolute atomic E-state index is 0.296. The quantitative estimate of drug-likeness (QED) is 0.578. The second-order valence-electron chi connectivity index (χ2n) is 9.05. The van der Waals surface area contributed by atoms with Crippen LogP contribution in [0.15, 0.2) is 30.5 Å². The molecular formula is C25H29F2N5O3. The highest BCUT2D eigenvalue weighted by molar-refractivity contribution is 6.07. The Morgan fingerprint density at radius 3 is 2.80 bits per heavy atom. The van der Waals surface area contributed by atoms with E-state index in [0.29, 0.717) is 28.8 Å². The highest BCUT2D eigenvalue weighted by Gasteiger charge is 2.47. The number of nitrogens with one attached hydrogen (secondary N) is 1. The van der Waals surface area contributed by atoms with Crippen LogP contribution >= 0.6 is 0 Å². The fraction of sp³-hybridized carbons (Fsp3) is 0.520. The number of nitriles is 1. The normalized spacial score (nSPS) is 19.9. The number of likely N-dealkylation sites (tertiary alicyclic amines) is 2. The van der Waals surface area contributed by atoms with Crippen LogP contribution in [0.1, 0.15) is 42.5 Å². The van der Waals surface area contributed by atoms with Crippen molar-refractivity contribution in [3.05, 3.63) is 36.0 Å². The number of carbonyl (C=O) groups excluding carboxylic acids is 2.